The summed E-state index contributed by atoms with van der Waals surface area (Å²) >= 11 is 0. The summed E-state index contributed by atoms with van der Waals surface area (Å²) in [7, 11) is 0. The zero-order chi connectivity index (χ0) is 19.7. The van der Waals surface area contributed by atoms with Gasteiger partial charge in [0.25, 0.3) is 0 Å². The van der Waals surface area contributed by atoms with Crippen molar-refractivity contribution >= 4 is 23.2 Å². The number of fused-ring (bicyclic) bond motifs is 1. The predicted molar refractivity (Wildman–Crippen MR) is 105 cm³/mol. The van der Waals surface area contributed by atoms with Crippen LogP contribution in [-0.4, -0.2) is 23.5 Å². The highest BCUT2D eigenvalue weighted by molar-refractivity contribution is 6.29. The van der Waals surface area contributed by atoms with E-state index in [1.165, 1.54) is 11.8 Å². The molecule has 2 aromatic carbocycles. The van der Waals surface area contributed by atoms with Gasteiger partial charge in [0.2, 0.25) is 17.5 Å². The van der Waals surface area contributed by atoms with Crippen LogP contribution < -0.4 is 10.2 Å². The van der Waals surface area contributed by atoms with Crippen LogP contribution in [0.2, 0.25) is 0 Å². The average Bonchev–Trinajstić information content (AvgIpc) is 2.63. The van der Waals surface area contributed by atoms with Gasteiger partial charge in [0.15, 0.2) is 0 Å². The number of anilines is 1. The minimum absolute atomic E-state index is 0.0729. The van der Waals surface area contributed by atoms with Gasteiger partial charge in [-0.2, -0.15) is 0 Å². The molecule has 0 saturated heterocycles. The first-order valence-electron chi connectivity index (χ1n) is 8.88. The summed E-state index contributed by atoms with van der Waals surface area (Å²) in [6.07, 6.45) is 0. The van der Waals surface area contributed by atoms with Crippen molar-refractivity contribution in [3.63, 3.8) is 0 Å². The first-order valence-corrected chi connectivity index (χ1v) is 8.88. The van der Waals surface area contributed by atoms with E-state index in [0.29, 0.717) is 16.8 Å². The number of hydrogen-bond donors (Lipinski definition) is 1. The number of carbonyl (C=O) groups excluding carboxylic acids is 3. The molecule has 138 valence electrons. The van der Waals surface area contributed by atoms with Crippen molar-refractivity contribution in [3.8, 4) is 0 Å². The molecule has 0 aromatic heterocycles. The number of nitrogens with one attached hydrogen (secondary N) is 1. The molecule has 0 saturated carbocycles. The van der Waals surface area contributed by atoms with Gasteiger partial charge >= 0.3 is 0 Å². The van der Waals surface area contributed by atoms with Crippen molar-refractivity contribution in [3.05, 3.63) is 76.6 Å². The molecule has 2 aromatic rings. The summed E-state index contributed by atoms with van der Waals surface area (Å²) in [5.41, 5.74) is 2.47. The molecule has 1 amide bonds. The number of ketones is 2. The maximum atomic E-state index is 13.3. The van der Waals surface area contributed by atoms with E-state index < -0.39 is 0 Å². The molecule has 5 nitrogen and oxygen atoms in total. The fraction of sp³-hybridized carbons (Fsp3) is 0.227. The highest BCUT2D eigenvalue weighted by atomic mass is 16.2. The fourth-order valence-corrected chi connectivity index (χ4v) is 3.16. The van der Waals surface area contributed by atoms with E-state index in [4.69, 9.17) is 0 Å². The average molecular weight is 362 g/mol. The van der Waals surface area contributed by atoms with Gasteiger partial charge in [-0.1, -0.05) is 42.0 Å². The molecular formula is C22H22N2O3. The Morgan fingerprint density at radius 3 is 2.00 bits per heavy atom. The molecule has 0 radical (unpaired) electrons. The van der Waals surface area contributed by atoms with E-state index in [-0.39, 0.29) is 34.9 Å². The van der Waals surface area contributed by atoms with Gasteiger partial charge in [0.1, 0.15) is 11.4 Å². The molecule has 0 unspecified atom stereocenters. The van der Waals surface area contributed by atoms with Crippen molar-refractivity contribution in [2.24, 2.45) is 0 Å². The zero-order valence-corrected chi connectivity index (χ0v) is 15.9. The Bertz CT molecular complexity index is 956. The van der Waals surface area contributed by atoms with Crippen LogP contribution in [0.15, 0.2) is 59.9 Å². The second-order valence-electron chi connectivity index (χ2n) is 6.92. The quantitative estimate of drug-likeness (QED) is 0.902. The van der Waals surface area contributed by atoms with E-state index >= 15 is 0 Å². The Labute approximate surface area is 158 Å². The molecule has 0 atom stereocenters. The van der Waals surface area contributed by atoms with Crippen molar-refractivity contribution in [1.82, 2.24) is 5.32 Å². The van der Waals surface area contributed by atoms with Crippen LogP contribution in [0, 0.1) is 6.92 Å². The molecule has 27 heavy (non-hydrogen) atoms. The number of amides is 1. The summed E-state index contributed by atoms with van der Waals surface area (Å²) in [5.74, 6) is -0.964. The van der Waals surface area contributed by atoms with Gasteiger partial charge in [0.05, 0.1) is 0 Å². The fourth-order valence-electron chi connectivity index (χ4n) is 3.16. The third-order valence-electron chi connectivity index (χ3n) is 4.36. The van der Waals surface area contributed by atoms with E-state index in [9.17, 15) is 14.4 Å². The van der Waals surface area contributed by atoms with Gasteiger partial charge in [-0.15, -0.1) is 0 Å². The summed E-state index contributed by atoms with van der Waals surface area (Å²) in [6, 6.07) is 13.9. The smallest absolute Gasteiger partial charge is 0.228 e. The van der Waals surface area contributed by atoms with Gasteiger partial charge in [-0.3, -0.25) is 19.3 Å². The number of aryl methyl sites for hydroxylation is 1. The lowest BCUT2D eigenvalue weighted by Crippen LogP contribution is -2.42. The summed E-state index contributed by atoms with van der Waals surface area (Å²) in [4.78, 5) is 40.3. The third kappa shape index (κ3) is 3.40. The van der Waals surface area contributed by atoms with Crippen LogP contribution in [0.4, 0.5) is 5.69 Å². The minimum atomic E-state index is -0.343. The highest BCUT2D eigenvalue weighted by Gasteiger charge is 2.37. The number of carbonyl (C=O) groups is 3. The maximum absolute atomic E-state index is 13.3. The highest BCUT2D eigenvalue weighted by Crippen LogP contribution is 2.31. The van der Waals surface area contributed by atoms with Crippen LogP contribution in [-0.2, 0) is 4.79 Å². The number of rotatable bonds is 4. The molecule has 3 rings (SSSR count). The predicted octanol–water partition coefficient (Wildman–Crippen LogP) is 3.64. The Morgan fingerprint density at radius 2 is 1.48 bits per heavy atom. The molecule has 0 bridgehead atoms. The van der Waals surface area contributed by atoms with E-state index in [1.54, 1.807) is 36.4 Å². The second kappa shape index (κ2) is 7.19. The Balaban J connectivity index is 2.25. The minimum Gasteiger partial charge on any atom is -0.378 e. The van der Waals surface area contributed by atoms with Crippen molar-refractivity contribution < 1.29 is 14.4 Å². The van der Waals surface area contributed by atoms with E-state index in [0.717, 1.165) is 5.56 Å². The Kier molecular flexibility index (Phi) is 4.95. The van der Waals surface area contributed by atoms with Crippen LogP contribution >= 0.6 is 0 Å². The first-order chi connectivity index (χ1) is 12.8. The number of allylic oxidation sites excluding steroid dienone is 2. The SMILES string of the molecule is CC(=O)N(C1=C(NC(C)C)C(=O)c2ccccc2C1=O)c1ccc(C)cc1. The van der Waals surface area contributed by atoms with E-state index in [2.05, 4.69) is 5.32 Å². The molecule has 0 fully saturated rings. The molecule has 0 spiro atoms. The number of Topliss-reactive ketones (excluding diaryl/α,β-unsaturated/α-hetero) is 2. The number of benzene rings is 2. The molecule has 0 aliphatic heterocycles. The van der Waals surface area contributed by atoms with Crippen molar-refractivity contribution in [2.45, 2.75) is 33.7 Å². The second-order valence-corrected chi connectivity index (χ2v) is 6.92. The third-order valence-corrected chi connectivity index (χ3v) is 4.36. The van der Waals surface area contributed by atoms with Gasteiger partial charge in [-0.25, -0.2) is 0 Å². The van der Waals surface area contributed by atoms with Crippen LogP contribution in [0.25, 0.3) is 0 Å². The van der Waals surface area contributed by atoms with Crippen LogP contribution in [0.3, 0.4) is 0 Å². The molecule has 1 N–H and O–H groups in total. The summed E-state index contributed by atoms with van der Waals surface area (Å²) in [5, 5.41) is 3.08. The maximum Gasteiger partial charge on any atom is 0.228 e. The lowest BCUT2D eigenvalue weighted by Gasteiger charge is -2.30. The molecule has 1 aliphatic carbocycles. The number of hydrogen-bond acceptors (Lipinski definition) is 4. The van der Waals surface area contributed by atoms with Gasteiger partial charge in [0, 0.05) is 29.8 Å². The molecular weight excluding hydrogens is 340 g/mol. The van der Waals surface area contributed by atoms with Crippen LogP contribution in [0.5, 0.6) is 0 Å². The number of nitrogens with zero attached hydrogens (tertiary/aromatic N) is 1. The summed E-state index contributed by atoms with van der Waals surface area (Å²) < 4.78 is 0. The van der Waals surface area contributed by atoms with E-state index in [1.807, 2.05) is 32.9 Å². The van der Waals surface area contributed by atoms with Crippen molar-refractivity contribution in [2.75, 3.05) is 4.90 Å². The lowest BCUT2D eigenvalue weighted by atomic mass is 9.89. The topological polar surface area (TPSA) is 66.5 Å². The normalized spacial score (nSPS) is 13.7. The van der Waals surface area contributed by atoms with Gasteiger partial charge in [-0.05, 0) is 32.9 Å². The van der Waals surface area contributed by atoms with Gasteiger partial charge < -0.3 is 5.32 Å². The first kappa shape index (κ1) is 18.6. The zero-order valence-electron chi connectivity index (χ0n) is 15.9. The van der Waals surface area contributed by atoms with Crippen molar-refractivity contribution in [1.29, 1.82) is 0 Å². The standard InChI is InChI=1S/C22H22N2O3/c1-13(2)23-19-20(22(27)18-8-6-5-7-17(18)21(19)26)24(15(4)25)16-11-9-14(3)10-12-16/h5-13,23H,1-4H3. The van der Waals surface area contributed by atoms with Crippen LogP contribution in [0.1, 0.15) is 47.1 Å². The Hall–Kier alpha value is -3.21. The molecule has 1 aliphatic rings. The lowest BCUT2D eigenvalue weighted by molar-refractivity contribution is -0.116. The monoisotopic (exact) mass is 362 g/mol. The summed E-state index contributed by atoms with van der Waals surface area (Å²) in [6.45, 7) is 7.09. The molecule has 0 heterocycles. The molecule has 5 heteroatoms. The largest absolute Gasteiger partial charge is 0.378 e. The Morgan fingerprint density at radius 1 is 0.926 bits per heavy atom.